The molecule has 0 radical (unpaired) electrons. The lowest BCUT2D eigenvalue weighted by atomic mass is 9.97. The highest BCUT2D eigenvalue weighted by Gasteiger charge is 2.23. The lowest BCUT2D eigenvalue weighted by Gasteiger charge is -2.15. The average Bonchev–Trinajstić information content (AvgIpc) is 3.39. The molecule has 9 heteroatoms. The van der Waals surface area contributed by atoms with E-state index in [1.165, 1.54) is 5.56 Å². The molecule has 1 aliphatic heterocycles. The van der Waals surface area contributed by atoms with Crippen molar-refractivity contribution in [2.45, 2.75) is 20.0 Å². The molecule has 1 atom stereocenters. The maximum absolute atomic E-state index is 12.0. The van der Waals surface area contributed by atoms with Gasteiger partial charge in [-0.25, -0.2) is 20.4 Å². The number of aryl methyl sites for hydroxylation is 2. The van der Waals surface area contributed by atoms with Crippen molar-refractivity contribution in [1.82, 2.24) is 27.0 Å². The molecule has 1 heterocycles. The first-order chi connectivity index (χ1) is 18.8. The van der Waals surface area contributed by atoms with E-state index in [1.54, 1.807) is 12.1 Å². The van der Waals surface area contributed by atoms with E-state index < -0.39 is 11.9 Å². The number of benzene rings is 4. The van der Waals surface area contributed by atoms with Crippen molar-refractivity contribution in [2.75, 3.05) is 0 Å². The lowest BCUT2D eigenvalue weighted by Crippen LogP contribution is -2.44. The Balaban J connectivity index is 0.000000181. The predicted molar refractivity (Wildman–Crippen MR) is 151 cm³/mol. The molecule has 4 aromatic rings. The van der Waals surface area contributed by atoms with Crippen LogP contribution >= 0.6 is 0 Å². The van der Waals surface area contributed by atoms with Crippen molar-refractivity contribution in [3.63, 3.8) is 0 Å². The third-order valence-electron chi connectivity index (χ3n) is 6.07. The third kappa shape index (κ3) is 7.00. The number of urea groups is 2. The summed E-state index contributed by atoms with van der Waals surface area (Å²) in [5.41, 5.74) is 22.6. The van der Waals surface area contributed by atoms with E-state index in [9.17, 15) is 14.4 Å². The molecule has 4 aromatic carbocycles. The topological polar surface area (TPSA) is 137 Å². The van der Waals surface area contributed by atoms with E-state index in [-0.39, 0.29) is 12.2 Å². The number of rotatable bonds is 4. The molecule has 0 aromatic heterocycles. The zero-order valence-corrected chi connectivity index (χ0v) is 21.6. The SMILES string of the molecule is Cc1ccc(-c2ccccc2C(=O)NNC(N)=O)cc1.Cc1ccc(-c2ccccc2C2NNC(=O)N2)cc1. The number of nitrogens with two attached hydrogens (primary N) is 1. The molecular weight excluding hydrogens is 492 g/mol. The fourth-order valence-electron chi connectivity index (χ4n) is 4.09. The van der Waals surface area contributed by atoms with Crippen molar-refractivity contribution < 1.29 is 14.4 Å². The fraction of sp³-hybridized carbons (Fsp3) is 0.100. The molecule has 1 fully saturated rings. The van der Waals surface area contributed by atoms with Crippen LogP contribution in [0.1, 0.15) is 33.2 Å². The molecule has 5 amide bonds. The zero-order chi connectivity index (χ0) is 27.8. The van der Waals surface area contributed by atoms with Crippen LogP contribution in [0.3, 0.4) is 0 Å². The highest BCUT2D eigenvalue weighted by Crippen LogP contribution is 2.28. The van der Waals surface area contributed by atoms with Crippen LogP contribution in [0.5, 0.6) is 0 Å². The van der Waals surface area contributed by atoms with E-state index in [1.807, 2.05) is 61.5 Å². The second-order valence-electron chi connectivity index (χ2n) is 8.98. The Morgan fingerprint density at radius 3 is 1.82 bits per heavy atom. The van der Waals surface area contributed by atoms with E-state index >= 15 is 0 Å². The van der Waals surface area contributed by atoms with Crippen LogP contribution < -0.4 is 32.8 Å². The summed E-state index contributed by atoms with van der Waals surface area (Å²) in [6.07, 6.45) is -0.204. The maximum Gasteiger partial charge on any atom is 0.330 e. The Hall–Kier alpha value is -5.15. The molecular formula is C30H30N6O3. The molecule has 9 nitrogen and oxygen atoms in total. The van der Waals surface area contributed by atoms with E-state index in [4.69, 9.17) is 5.73 Å². The zero-order valence-electron chi connectivity index (χ0n) is 21.6. The van der Waals surface area contributed by atoms with Crippen molar-refractivity contribution in [3.05, 3.63) is 119 Å². The van der Waals surface area contributed by atoms with Gasteiger partial charge < -0.3 is 11.1 Å². The van der Waals surface area contributed by atoms with Gasteiger partial charge in [0, 0.05) is 5.56 Å². The van der Waals surface area contributed by atoms with Crippen LogP contribution in [-0.4, -0.2) is 18.0 Å². The molecule has 5 rings (SSSR count). The number of hydrogen-bond acceptors (Lipinski definition) is 4. The summed E-state index contributed by atoms with van der Waals surface area (Å²) in [4.78, 5) is 33.9. The summed E-state index contributed by atoms with van der Waals surface area (Å²) in [5, 5.41) is 2.83. The van der Waals surface area contributed by atoms with Gasteiger partial charge in [-0.15, -0.1) is 0 Å². The molecule has 1 aliphatic rings. The van der Waals surface area contributed by atoms with Crippen LogP contribution in [0.4, 0.5) is 9.59 Å². The second kappa shape index (κ2) is 12.4. The molecule has 198 valence electrons. The van der Waals surface area contributed by atoms with E-state index in [2.05, 4.69) is 64.3 Å². The molecule has 0 bridgehead atoms. The van der Waals surface area contributed by atoms with Crippen molar-refractivity contribution in [1.29, 1.82) is 0 Å². The largest absolute Gasteiger partial charge is 0.350 e. The summed E-state index contributed by atoms with van der Waals surface area (Å²) in [7, 11) is 0. The number of hydrogen-bond donors (Lipinski definition) is 6. The predicted octanol–water partition coefficient (Wildman–Crippen LogP) is 4.45. The van der Waals surface area contributed by atoms with Gasteiger partial charge >= 0.3 is 12.1 Å². The Labute approximate surface area is 226 Å². The standard InChI is InChI=1S/C15H15N3O2.C15H15N3O/c1-10-6-8-11(9-7-10)12-4-2-3-5-13(12)14(19)17-18-15(16)20;1-10-6-8-11(9-7-10)12-4-2-3-5-13(12)14-16-15(19)18-17-14/h2-9H,1H3,(H,17,19)(H3,16,18,20);2-9,14,17H,1H3,(H2,16,18,19). The normalized spacial score (nSPS) is 13.8. The number of hydrazine groups is 2. The lowest BCUT2D eigenvalue weighted by molar-refractivity contribution is 0.0938. The Kier molecular flexibility index (Phi) is 8.55. The highest BCUT2D eigenvalue weighted by molar-refractivity contribution is 6.01. The fourth-order valence-corrected chi connectivity index (χ4v) is 4.09. The summed E-state index contributed by atoms with van der Waals surface area (Å²) in [6, 6.07) is 30.4. The Bertz CT molecular complexity index is 1470. The first-order valence-electron chi connectivity index (χ1n) is 12.3. The number of nitrogens with one attached hydrogen (secondary N) is 5. The molecule has 1 unspecified atom stereocenters. The van der Waals surface area contributed by atoms with Crippen molar-refractivity contribution in [3.8, 4) is 22.3 Å². The van der Waals surface area contributed by atoms with E-state index in [0.717, 1.165) is 33.4 Å². The van der Waals surface area contributed by atoms with Crippen molar-refractivity contribution >= 4 is 18.0 Å². The van der Waals surface area contributed by atoms with Crippen LogP contribution in [-0.2, 0) is 0 Å². The van der Waals surface area contributed by atoms with Gasteiger partial charge in [-0.1, -0.05) is 102 Å². The summed E-state index contributed by atoms with van der Waals surface area (Å²) in [5.74, 6) is -0.417. The van der Waals surface area contributed by atoms with E-state index in [0.29, 0.717) is 5.56 Å². The first-order valence-corrected chi connectivity index (χ1v) is 12.3. The van der Waals surface area contributed by atoms with Gasteiger partial charge in [-0.05, 0) is 47.7 Å². The minimum Gasteiger partial charge on any atom is -0.350 e. The van der Waals surface area contributed by atoms with Gasteiger partial charge in [0.1, 0.15) is 6.17 Å². The number of carbonyl (C=O) groups is 3. The highest BCUT2D eigenvalue weighted by atomic mass is 16.2. The average molecular weight is 523 g/mol. The van der Waals surface area contributed by atoms with Gasteiger partial charge in [0.05, 0.1) is 0 Å². The quantitative estimate of drug-likeness (QED) is 0.221. The van der Waals surface area contributed by atoms with Gasteiger partial charge in [0.2, 0.25) is 0 Å². The molecule has 0 spiro atoms. The smallest absolute Gasteiger partial charge is 0.330 e. The van der Waals surface area contributed by atoms with Gasteiger partial charge in [-0.3, -0.25) is 15.6 Å². The monoisotopic (exact) mass is 522 g/mol. The van der Waals surface area contributed by atoms with Crippen LogP contribution in [0.25, 0.3) is 22.3 Å². The molecule has 1 saturated heterocycles. The summed E-state index contributed by atoms with van der Waals surface area (Å²) < 4.78 is 0. The Morgan fingerprint density at radius 2 is 1.26 bits per heavy atom. The number of primary amides is 1. The van der Waals surface area contributed by atoms with Gasteiger partial charge in [0.25, 0.3) is 5.91 Å². The third-order valence-corrected chi connectivity index (χ3v) is 6.07. The Morgan fingerprint density at radius 1 is 0.718 bits per heavy atom. The molecule has 39 heavy (non-hydrogen) atoms. The van der Waals surface area contributed by atoms with Crippen LogP contribution in [0.15, 0.2) is 97.1 Å². The maximum atomic E-state index is 12.0. The van der Waals surface area contributed by atoms with Crippen molar-refractivity contribution in [2.24, 2.45) is 5.73 Å². The minimum atomic E-state index is -0.814. The molecule has 0 aliphatic carbocycles. The number of carbonyl (C=O) groups excluding carboxylic acids is 3. The second-order valence-corrected chi connectivity index (χ2v) is 8.98. The molecule has 7 N–H and O–H groups in total. The summed E-state index contributed by atoms with van der Waals surface area (Å²) >= 11 is 0. The summed E-state index contributed by atoms with van der Waals surface area (Å²) in [6.45, 7) is 4.07. The van der Waals surface area contributed by atoms with Crippen LogP contribution in [0, 0.1) is 13.8 Å². The number of amides is 5. The first kappa shape index (κ1) is 26.9. The van der Waals surface area contributed by atoms with Gasteiger partial charge in [0.15, 0.2) is 0 Å². The minimum absolute atomic E-state index is 0.204. The van der Waals surface area contributed by atoms with Gasteiger partial charge in [-0.2, -0.15) is 0 Å². The molecule has 0 saturated carbocycles. The van der Waals surface area contributed by atoms with Crippen LogP contribution in [0.2, 0.25) is 0 Å².